The fourth-order valence-electron chi connectivity index (χ4n) is 2.74. The summed E-state index contributed by atoms with van der Waals surface area (Å²) in [5, 5.41) is 3.11. The first-order chi connectivity index (χ1) is 9.07. The molecular weight excluding hydrogens is 238 g/mol. The second kappa shape index (κ2) is 6.24. The number of carbonyl (C=O) groups excluding carboxylic acids is 1. The molecule has 0 spiro atoms. The maximum Gasteiger partial charge on any atom is 0.268 e. The first kappa shape index (κ1) is 14.1. The van der Waals surface area contributed by atoms with Crippen LogP contribution in [0.5, 0.6) is 0 Å². The lowest BCUT2D eigenvalue weighted by molar-refractivity contribution is 0.0883. The normalized spacial score (nSPS) is 18.0. The van der Waals surface area contributed by atoms with E-state index in [0.717, 1.165) is 19.6 Å². The van der Waals surface area contributed by atoms with Crippen LogP contribution in [0.3, 0.4) is 0 Å². The number of H-pyrrole nitrogens is 1. The van der Waals surface area contributed by atoms with Gasteiger partial charge in [0, 0.05) is 18.3 Å². The Bertz CT molecular complexity index is 390. The second-order valence-electron chi connectivity index (χ2n) is 6.11. The number of likely N-dealkylation sites (tertiary alicyclic amines) is 1. The molecule has 0 radical (unpaired) electrons. The van der Waals surface area contributed by atoms with Crippen molar-refractivity contribution in [3.05, 3.63) is 24.0 Å². The van der Waals surface area contributed by atoms with Gasteiger partial charge in [0.1, 0.15) is 5.69 Å². The van der Waals surface area contributed by atoms with Crippen LogP contribution in [0.15, 0.2) is 18.3 Å². The highest BCUT2D eigenvalue weighted by Gasteiger charge is 2.25. The molecule has 1 aromatic rings. The summed E-state index contributed by atoms with van der Waals surface area (Å²) in [5.74, 6) is -0.0233. The van der Waals surface area contributed by atoms with Crippen molar-refractivity contribution in [1.29, 1.82) is 0 Å². The number of rotatable bonds is 4. The van der Waals surface area contributed by atoms with Crippen LogP contribution in [0, 0.1) is 0 Å². The van der Waals surface area contributed by atoms with Gasteiger partial charge in [-0.1, -0.05) is 12.8 Å². The molecule has 1 fully saturated rings. The van der Waals surface area contributed by atoms with Gasteiger partial charge in [0.2, 0.25) is 0 Å². The number of nitrogens with zero attached hydrogens (tertiary/aromatic N) is 1. The van der Waals surface area contributed by atoms with E-state index in [1.54, 1.807) is 12.3 Å². The Balaban J connectivity index is 1.88. The predicted octanol–water partition coefficient (Wildman–Crippen LogP) is 2.40. The molecule has 0 saturated carbocycles. The molecule has 0 atom stereocenters. The standard InChI is InChI=1S/C15H25N3O/c1-15(2,12-18-10-5-3-4-6-11-18)17-14(19)13-8-7-9-16-13/h7-9,16H,3-6,10-12H2,1-2H3,(H,17,19). The van der Waals surface area contributed by atoms with Gasteiger partial charge in [-0.3, -0.25) is 4.79 Å². The van der Waals surface area contributed by atoms with Crippen LogP contribution >= 0.6 is 0 Å². The molecule has 1 aromatic heterocycles. The number of hydrogen-bond donors (Lipinski definition) is 2. The molecule has 19 heavy (non-hydrogen) atoms. The molecule has 2 N–H and O–H groups in total. The molecule has 0 aliphatic carbocycles. The van der Waals surface area contributed by atoms with Gasteiger partial charge in [0.15, 0.2) is 0 Å². The zero-order valence-electron chi connectivity index (χ0n) is 12.0. The van der Waals surface area contributed by atoms with E-state index in [0.29, 0.717) is 5.69 Å². The Labute approximate surface area is 115 Å². The van der Waals surface area contributed by atoms with Crippen LogP contribution in [-0.2, 0) is 0 Å². The number of aromatic amines is 1. The summed E-state index contributed by atoms with van der Waals surface area (Å²) < 4.78 is 0. The van der Waals surface area contributed by atoms with Crippen LogP contribution in [0.4, 0.5) is 0 Å². The van der Waals surface area contributed by atoms with Gasteiger partial charge in [0.05, 0.1) is 0 Å². The zero-order chi connectivity index (χ0) is 13.7. The third kappa shape index (κ3) is 4.39. The Morgan fingerprint density at radius 2 is 2.00 bits per heavy atom. The average Bonchev–Trinajstić information content (AvgIpc) is 2.76. The molecule has 4 nitrogen and oxygen atoms in total. The summed E-state index contributed by atoms with van der Waals surface area (Å²) in [7, 11) is 0. The minimum Gasteiger partial charge on any atom is -0.357 e. The largest absolute Gasteiger partial charge is 0.357 e. The minimum absolute atomic E-state index is 0.0233. The summed E-state index contributed by atoms with van der Waals surface area (Å²) in [4.78, 5) is 17.5. The van der Waals surface area contributed by atoms with Gasteiger partial charge in [-0.15, -0.1) is 0 Å². The molecule has 4 heteroatoms. The molecular formula is C15H25N3O. The van der Waals surface area contributed by atoms with E-state index in [1.165, 1.54) is 25.7 Å². The van der Waals surface area contributed by atoms with Crippen molar-refractivity contribution in [3.8, 4) is 0 Å². The monoisotopic (exact) mass is 263 g/mol. The second-order valence-corrected chi connectivity index (χ2v) is 6.11. The lowest BCUT2D eigenvalue weighted by Gasteiger charge is -2.32. The van der Waals surface area contributed by atoms with Gasteiger partial charge >= 0.3 is 0 Å². The maximum absolute atomic E-state index is 12.1. The molecule has 2 rings (SSSR count). The van der Waals surface area contributed by atoms with E-state index in [1.807, 2.05) is 6.07 Å². The average molecular weight is 263 g/mol. The van der Waals surface area contributed by atoms with Crippen molar-refractivity contribution in [1.82, 2.24) is 15.2 Å². The molecule has 106 valence electrons. The van der Waals surface area contributed by atoms with Crippen molar-refractivity contribution < 1.29 is 4.79 Å². The summed E-state index contributed by atoms with van der Waals surface area (Å²) in [6.45, 7) is 7.42. The number of amides is 1. The fourth-order valence-corrected chi connectivity index (χ4v) is 2.74. The molecule has 1 aliphatic rings. The van der Waals surface area contributed by atoms with E-state index in [4.69, 9.17) is 0 Å². The highest BCUT2D eigenvalue weighted by atomic mass is 16.2. The smallest absolute Gasteiger partial charge is 0.268 e. The van der Waals surface area contributed by atoms with Crippen molar-refractivity contribution in [2.45, 2.75) is 45.1 Å². The van der Waals surface area contributed by atoms with Gasteiger partial charge in [-0.05, 0) is 51.9 Å². The number of carbonyl (C=O) groups is 1. The van der Waals surface area contributed by atoms with E-state index >= 15 is 0 Å². The van der Waals surface area contributed by atoms with Crippen LogP contribution in [-0.4, -0.2) is 41.0 Å². The third-order valence-electron chi connectivity index (χ3n) is 3.61. The van der Waals surface area contributed by atoms with Crippen LogP contribution in [0.1, 0.15) is 50.0 Å². The van der Waals surface area contributed by atoms with E-state index in [-0.39, 0.29) is 11.4 Å². The summed E-state index contributed by atoms with van der Waals surface area (Å²) in [6, 6.07) is 3.65. The summed E-state index contributed by atoms with van der Waals surface area (Å²) in [6.07, 6.45) is 7.01. The SMILES string of the molecule is CC(C)(CN1CCCCCC1)NC(=O)c1ccc[nH]1. The zero-order valence-corrected chi connectivity index (χ0v) is 12.0. The van der Waals surface area contributed by atoms with E-state index < -0.39 is 0 Å². The Morgan fingerprint density at radius 3 is 2.58 bits per heavy atom. The number of aromatic nitrogens is 1. The van der Waals surface area contributed by atoms with Crippen molar-refractivity contribution in [2.24, 2.45) is 0 Å². The Hall–Kier alpha value is -1.29. The highest BCUT2D eigenvalue weighted by molar-refractivity contribution is 5.92. The summed E-state index contributed by atoms with van der Waals surface area (Å²) in [5.41, 5.74) is 0.427. The number of nitrogens with one attached hydrogen (secondary N) is 2. The number of hydrogen-bond acceptors (Lipinski definition) is 2. The quantitative estimate of drug-likeness (QED) is 0.876. The first-order valence-electron chi connectivity index (χ1n) is 7.25. The lowest BCUT2D eigenvalue weighted by atomic mass is 10.0. The van der Waals surface area contributed by atoms with Crippen LogP contribution < -0.4 is 5.32 Å². The molecule has 1 saturated heterocycles. The van der Waals surface area contributed by atoms with Crippen molar-refractivity contribution in [2.75, 3.05) is 19.6 Å². The van der Waals surface area contributed by atoms with Crippen molar-refractivity contribution in [3.63, 3.8) is 0 Å². The topological polar surface area (TPSA) is 48.1 Å². The Kier molecular flexibility index (Phi) is 4.64. The molecule has 0 aromatic carbocycles. The van der Waals surface area contributed by atoms with Crippen LogP contribution in [0.25, 0.3) is 0 Å². The van der Waals surface area contributed by atoms with Gasteiger partial charge in [0.25, 0.3) is 5.91 Å². The minimum atomic E-state index is -0.202. The van der Waals surface area contributed by atoms with E-state index in [9.17, 15) is 4.79 Å². The molecule has 1 aliphatic heterocycles. The van der Waals surface area contributed by atoms with E-state index in [2.05, 4.69) is 29.0 Å². The van der Waals surface area contributed by atoms with Gasteiger partial charge in [-0.2, -0.15) is 0 Å². The maximum atomic E-state index is 12.1. The fraction of sp³-hybridized carbons (Fsp3) is 0.667. The Morgan fingerprint density at radius 1 is 1.32 bits per heavy atom. The molecule has 0 bridgehead atoms. The first-order valence-corrected chi connectivity index (χ1v) is 7.25. The lowest BCUT2D eigenvalue weighted by Crippen LogP contribution is -2.51. The van der Waals surface area contributed by atoms with Crippen molar-refractivity contribution >= 4 is 5.91 Å². The third-order valence-corrected chi connectivity index (χ3v) is 3.61. The van der Waals surface area contributed by atoms with Gasteiger partial charge < -0.3 is 15.2 Å². The summed E-state index contributed by atoms with van der Waals surface area (Å²) >= 11 is 0. The van der Waals surface area contributed by atoms with Crippen LogP contribution in [0.2, 0.25) is 0 Å². The highest BCUT2D eigenvalue weighted by Crippen LogP contribution is 2.14. The van der Waals surface area contributed by atoms with Gasteiger partial charge in [-0.25, -0.2) is 0 Å². The predicted molar refractivity (Wildman–Crippen MR) is 77.2 cm³/mol. The molecule has 1 amide bonds. The molecule has 0 unspecified atom stereocenters. The molecule has 2 heterocycles.